The molecule has 1 aliphatic rings. The lowest BCUT2D eigenvalue weighted by Gasteiger charge is -2.18. The number of likely N-dealkylation sites (tertiary alicyclic amines) is 1. The highest BCUT2D eigenvalue weighted by Gasteiger charge is 2.21. The van der Waals surface area contributed by atoms with Crippen molar-refractivity contribution >= 4 is 17.5 Å². The molecule has 1 aromatic carbocycles. The van der Waals surface area contributed by atoms with Gasteiger partial charge in [0.05, 0.1) is 25.3 Å². The lowest BCUT2D eigenvalue weighted by Crippen LogP contribution is -2.29. The van der Waals surface area contributed by atoms with E-state index in [1.807, 2.05) is 4.90 Å². The Hall–Kier alpha value is -2.12. The average Bonchev–Trinajstić information content (AvgIpc) is 3.13. The van der Waals surface area contributed by atoms with Crippen LogP contribution >= 0.6 is 0 Å². The largest absolute Gasteiger partial charge is 0.495 e. The van der Waals surface area contributed by atoms with Gasteiger partial charge in [0.25, 0.3) is 5.91 Å². The fourth-order valence-electron chi connectivity index (χ4n) is 2.71. The summed E-state index contributed by atoms with van der Waals surface area (Å²) in [5.41, 5.74) is 6.54. The zero-order valence-corrected chi connectivity index (χ0v) is 14.2. The van der Waals surface area contributed by atoms with E-state index in [0.717, 1.165) is 25.9 Å². The monoisotopic (exact) mass is 335 g/mol. The molecule has 7 nitrogen and oxygen atoms in total. The number of carbonyl (C=O) groups excluding carboxylic acids is 2. The molecule has 1 atom stereocenters. The van der Waals surface area contributed by atoms with E-state index in [4.69, 9.17) is 15.2 Å². The molecule has 132 valence electrons. The maximum atomic E-state index is 12.5. The van der Waals surface area contributed by atoms with E-state index in [2.05, 4.69) is 5.32 Å². The number of hydrogen-bond donors (Lipinski definition) is 2. The van der Waals surface area contributed by atoms with Crippen molar-refractivity contribution in [1.29, 1.82) is 0 Å². The highest BCUT2D eigenvalue weighted by molar-refractivity contribution is 5.98. The second-order valence-corrected chi connectivity index (χ2v) is 5.76. The van der Waals surface area contributed by atoms with Gasteiger partial charge in [-0.1, -0.05) is 0 Å². The Morgan fingerprint density at radius 2 is 2.00 bits per heavy atom. The molecule has 7 heteroatoms. The van der Waals surface area contributed by atoms with Crippen molar-refractivity contribution in [2.24, 2.45) is 5.73 Å². The molecule has 3 N–H and O–H groups in total. The van der Waals surface area contributed by atoms with E-state index in [9.17, 15) is 9.59 Å². The SMILES string of the molecule is COc1ccc(C(=O)N2CCCC2)cc1NC(=O)CC(CN)OC. The fourth-order valence-corrected chi connectivity index (χ4v) is 2.71. The van der Waals surface area contributed by atoms with E-state index in [-0.39, 0.29) is 30.9 Å². The first-order valence-corrected chi connectivity index (χ1v) is 8.09. The summed E-state index contributed by atoms with van der Waals surface area (Å²) in [6.07, 6.45) is 1.86. The molecule has 0 aliphatic carbocycles. The van der Waals surface area contributed by atoms with Crippen LogP contribution in [0.1, 0.15) is 29.6 Å². The van der Waals surface area contributed by atoms with Crippen molar-refractivity contribution in [2.45, 2.75) is 25.4 Å². The molecule has 24 heavy (non-hydrogen) atoms. The van der Waals surface area contributed by atoms with Crippen molar-refractivity contribution in [2.75, 3.05) is 39.2 Å². The van der Waals surface area contributed by atoms with E-state index in [1.54, 1.807) is 18.2 Å². The van der Waals surface area contributed by atoms with Gasteiger partial charge in [-0.05, 0) is 31.0 Å². The highest BCUT2D eigenvalue weighted by atomic mass is 16.5. The minimum Gasteiger partial charge on any atom is -0.495 e. The second kappa shape index (κ2) is 8.65. The first-order chi connectivity index (χ1) is 11.6. The van der Waals surface area contributed by atoms with Crippen LogP contribution in [0.25, 0.3) is 0 Å². The van der Waals surface area contributed by atoms with Crippen LogP contribution < -0.4 is 15.8 Å². The van der Waals surface area contributed by atoms with Gasteiger partial charge >= 0.3 is 0 Å². The Bertz CT molecular complexity index is 581. The Morgan fingerprint density at radius 3 is 2.58 bits per heavy atom. The van der Waals surface area contributed by atoms with Crippen LogP contribution in [0.5, 0.6) is 5.75 Å². The molecule has 0 saturated carbocycles. The number of nitrogens with zero attached hydrogens (tertiary/aromatic N) is 1. The summed E-state index contributed by atoms with van der Waals surface area (Å²) in [7, 11) is 3.03. The number of methoxy groups -OCH3 is 2. The predicted octanol–water partition coefficient (Wildman–Crippen LogP) is 1.23. The van der Waals surface area contributed by atoms with E-state index in [1.165, 1.54) is 14.2 Å². The van der Waals surface area contributed by atoms with Gasteiger partial charge in [0, 0.05) is 32.3 Å². The van der Waals surface area contributed by atoms with E-state index < -0.39 is 0 Å². The third kappa shape index (κ3) is 4.46. The molecule has 1 fully saturated rings. The molecule has 2 amide bonds. The molecule has 2 rings (SSSR count). The van der Waals surface area contributed by atoms with Crippen LogP contribution in [-0.4, -0.2) is 56.7 Å². The summed E-state index contributed by atoms with van der Waals surface area (Å²) in [6, 6.07) is 5.06. The Kier molecular flexibility index (Phi) is 6.57. The average molecular weight is 335 g/mol. The van der Waals surface area contributed by atoms with Crippen molar-refractivity contribution in [3.05, 3.63) is 23.8 Å². The van der Waals surface area contributed by atoms with Gasteiger partial charge in [-0.3, -0.25) is 9.59 Å². The number of anilines is 1. The van der Waals surface area contributed by atoms with Crippen molar-refractivity contribution < 1.29 is 19.1 Å². The molecule has 0 bridgehead atoms. The van der Waals surface area contributed by atoms with Gasteiger partial charge in [0.1, 0.15) is 5.75 Å². The topological polar surface area (TPSA) is 93.9 Å². The normalized spacial score (nSPS) is 15.2. The zero-order valence-electron chi connectivity index (χ0n) is 14.2. The number of nitrogens with one attached hydrogen (secondary N) is 1. The van der Waals surface area contributed by atoms with Crippen molar-refractivity contribution in [1.82, 2.24) is 4.90 Å². The number of hydrogen-bond acceptors (Lipinski definition) is 5. The van der Waals surface area contributed by atoms with Crippen molar-refractivity contribution in [3.8, 4) is 5.75 Å². The number of carbonyl (C=O) groups is 2. The number of ether oxygens (including phenoxy) is 2. The number of rotatable bonds is 7. The van der Waals surface area contributed by atoms with Gasteiger partial charge < -0.3 is 25.4 Å². The smallest absolute Gasteiger partial charge is 0.253 e. The van der Waals surface area contributed by atoms with E-state index >= 15 is 0 Å². The van der Waals surface area contributed by atoms with E-state index in [0.29, 0.717) is 17.0 Å². The molecule has 0 aromatic heterocycles. The summed E-state index contributed by atoms with van der Waals surface area (Å²) < 4.78 is 10.4. The maximum Gasteiger partial charge on any atom is 0.253 e. The lowest BCUT2D eigenvalue weighted by atomic mass is 10.1. The first-order valence-electron chi connectivity index (χ1n) is 8.09. The van der Waals surface area contributed by atoms with Crippen LogP contribution in [0.2, 0.25) is 0 Å². The fraction of sp³-hybridized carbons (Fsp3) is 0.529. The number of nitrogens with two attached hydrogens (primary N) is 1. The maximum absolute atomic E-state index is 12.5. The summed E-state index contributed by atoms with van der Waals surface area (Å²) >= 11 is 0. The molecule has 0 radical (unpaired) electrons. The van der Waals surface area contributed by atoms with Crippen LogP contribution in [0, 0.1) is 0 Å². The molecular formula is C17H25N3O4. The minimum absolute atomic E-state index is 0.0256. The Labute approximate surface area is 142 Å². The van der Waals surface area contributed by atoms with Gasteiger partial charge in [0.2, 0.25) is 5.91 Å². The lowest BCUT2D eigenvalue weighted by molar-refractivity contribution is -0.118. The quantitative estimate of drug-likeness (QED) is 0.782. The molecule has 1 heterocycles. The molecular weight excluding hydrogens is 310 g/mol. The summed E-state index contributed by atoms with van der Waals surface area (Å²) in [6.45, 7) is 1.81. The van der Waals surface area contributed by atoms with Crippen LogP contribution in [0.15, 0.2) is 18.2 Å². The first kappa shape index (κ1) is 18.2. The van der Waals surface area contributed by atoms with Gasteiger partial charge in [-0.25, -0.2) is 0 Å². The Balaban J connectivity index is 2.13. The predicted molar refractivity (Wildman–Crippen MR) is 91.2 cm³/mol. The summed E-state index contributed by atoms with van der Waals surface area (Å²) in [4.78, 5) is 26.5. The Morgan fingerprint density at radius 1 is 1.29 bits per heavy atom. The van der Waals surface area contributed by atoms with Crippen molar-refractivity contribution in [3.63, 3.8) is 0 Å². The van der Waals surface area contributed by atoms with Gasteiger partial charge in [-0.2, -0.15) is 0 Å². The standard InChI is InChI=1S/C17H25N3O4/c1-23-13(11-18)10-16(21)19-14-9-12(5-6-15(14)24-2)17(22)20-7-3-4-8-20/h5-6,9,13H,3-4,7-8,10-11,18H2,1-2H3,(H,19,21). The number of amides is 2. The molecule has 1 saturated heterocycles. The number of benzene rings is 1. The van der Waals surface area contributed by atoms with Crippen LogP contribution in [0.3, 0.4) is 0 Å². The van der Waals surface area contributed by atoms with Gasteiger partial charge in [0.15, 0.2) is 0 Å². The second-order valence-electron chi connectivity index (χ2n) is 5.76. The van der Waals surface area contributed by atoms with Crippen LogP contribution in [0.4, 0.5) is 5.69 Å². The molecule has 1 aromatic rings. The zero-order chi connectivity index (χ0) is 17.5. The third-order valence-electron chi connectivity index (χ3n) is 4.12. The minimum atomic E-state index is -0.342. The molecule has 0 spiro atoms. The van der Waals surface area contributed by atoms with Crippen LogP contribution in [-0.2, 0) is 9.53 Å². The third-order valence-corrected chi connectivity index (χ3v) is 4.12. The van der Waals surface area contributed by atoms with Gasteiger partial charge in [-0.15, -0.1) is 0 Å². The molecule has 1 unspecified atom stereocenters. The summed E-state index contributed by atoms with van der Waals surface area (Å²) in [5.74, 6) is 0.238. The molecule has 1 aliphatic heterocycles. The summed E-state index contributed by atoms with van der Waals surface area (Å²) in [5, 5.41) is 2.78. The highest BCUT2D eigenvalue weighted by Crippen LogP contribution is 2.27.